The third kappa shape index (κ3) is 2.05. The summed E-state index contributed by atoms with van der Waals surface area (Å²) in [5.74, 6) is 0. The molecule has 0 aromatic heterocycles. The van der Waals surface area contributed by atoms with Gasteiger partial charge in [-0.15, -0.1) is 0 Å². The number of rotatable bonds is 1. The fourth-order valence-corrected chi connectivity index (χ4v) is 2.92. The first-order valence-corrected chi connectivity index (χ1v) is 6.47. The lowest BCUT2D eigenvalue weighted by Gasteiger charge is -2.40. The second-order valence-corrected chi connectivity index (χ2v) is 4.93. The van der Waals surface area contributed by atoms with Gasteiger partial charge in [0.25, 0.3) is 0 Å². The van der Waals surface area contributed by atoms with Crippen molar-refractivity contribution in [2.75, 3.05) is 24.7 Å². The van der Waals surface area contributed by atoms with Crippen LogP contribution in [0.5, 0.6) is 0 Å². The summed E-state index contributed by atoms with van der Waals surface area (Å²) in [6.07, 6.45) is 2.87. The maximum absolute atomic E-state index is 10.0. The molecule has 0 aliphatic carbocycles. The number of aliphatic hydroxyl groups excluding tert-OH is 1. The van der Waals surface area contributed by atoms with E-state index in [1.165, 1.54) is 12.1 Å². The molecule has 2 unspecified atom stereocenters. The molecule has 92 valence electrons. The molecule has 3 rings (SSSR count). The molecule has 2 heterocycles. The lowest BCUT2D eigenvalue weighted by Crippen LogP contribution is -2.44. The zero-order chi connectivity index (χ0) is 11.7. The lowest BCUT2D eigenvalue weighted by atomic mass is 9.96. The summed E-state index contributed by atoms with van der Waals surface area (Å²) in [6.45, 7) is 2.66. The highest BCUT2D eigenvalue weighted by Gasteiger charge is 2.29. The average molecular weight is 233 g/mol. The zero-order valence-electron chi connectivity index (χ0n) is 10.0. The minimum atomic E-state index is -0.299. The highest BCUT2D eigenvalue weighted by molar-refractivity contribution is 5.57. The van der Waals surface area contributed by atoms with Crippen LogP contribution in [0.25, 0.3) is 0 Å². The second-order valence-electron chi connectivity index (χ2n) is 4.93. The Kier molecular flexibility index (Phi) is 3.04. The Hall–Kier alpha value is -1.06. The van der Waals surface area contributed by atoms with Gasteiger partial charge in [-0.3, -0.25) is 0 Å². The summed E-state index contributed by atoms with van der Waals surface area (Å²) in [6, 6.07) is 8.69. The molecule has 3 heteroatoms. The van der Waals surface area contributed by atoms with E-state index in [2.05, 4.69) is 11.0 Å². The Morgan fingerprint density at radius 3 is 2.94 bits per heavy atom. The fourth-order valence-electron chi connectivity index (χ4n) is 2.92. The quantitative estimate of drug-likeness (QED) is 0.806. The predicted molar refractivity (Wildman–Crippen MR) is 67.2 cm³/mol. The summed E-state index contributed by atoms with van der Waals surface area (Å²) >= 11 is 0. The standard InChI is InChI=1S/C14H19NO2/c16-14-7-8-15(11-4-3-9-17-10-11)13-6-2-1-5-12(13)14/h1-2,5-6,11,14,16H,3-4,7-10H2. The van der Waals surface area contributed by atoms with Crippen LogP contribution in [0.2, 0.25) is 0 Å². The van der Waals surface area contributed by atoms with E-state index in [0.717, 1.165) is 38.2 Å². The molecule has 0 saturated carbocycles. The van der Waals surface area contributed by atoms with Crippen LogP contribution in [0.15, 0.2) is 24.3 Å². The molecule has 0 bridgehead atoms. The van der Waals surface area contributed by atoms with Crippen LogP contribution in [0, 0.1) is 0 Å². The molecule has 3 nitrogen and oxygen atoms in total. The summed E-state index contributed by atoms with van der Waals surface area (Å²) < 4.78 is 5.57. The average Bonchev–Trinajstić information content (AvgIpc) is 2.41. The molecule has 0 spiro atoms. The van der Waals surface area contributed by atoms with Crippen molar-refractivity contribution in [1.82, 2.24) is 0 Å². The minimum absolute atomic E-state index is 0.299. The molecule has 1 aromatic rings. The monoisotopic (exact) mass is 233 g/mol. The second kappa shape index (κ2) is 4.67. The number of hydrogen-bond donors (Lipinski definition) is 1. The SMILES string of the molecule is OC1CCN(C2CCCOC2)c2ccccc21. The van der Waals surface area contributed by atoms with E-state index in [4.69, 9.17) is 4.74 Å². The molecular weight excluding hydrogens is 214 g/mol. The number of hydrogen-bond acceptors (Lipinski definition) is 3. The Bertz CT molecular complexity index is 388. The van der Waals surface area contributed by atoms with Gasteiger partial charge in [-0.2, -0.15) is 0 Å². The van der Waals surface area contributed by atoms with Gasteiger partial charge in [0.05, 0.1) is 18.8 Å². The summed E-state index contributed by atoms with van der Waals surface area (Å²) in [5.41, 5.74) is 2.27. The molecule has 0 radical (unpaired) electrons. The molecular formula is C14H19NO2. The number of aliphatic hydroxyl groups is 1. The number of ether oxygens (including phenoxy) is 1. The largest absolute Gasteiger partial charge is 0.388 e. The van der Waals surface area contributed by atoms with Crippen molar-refractivity contribution in [3.05, 3.63) is 29.8 Å². The Morgan fingerprint density at radius 1 is 1.24 bits per heavy atom. The van der Waals surface area contributed by atoms with Crippen LogP contribution < -0.4 is 4.90 Å². The van der Waals surface area contributed by atoms with Crippen molar-refractivity contribution in [2.45, 2.75) is 31.4 Å². The van der Waals surface area contributed by atoms with E-state index in [-0.39, 0.29) is 6.10 Å². The number of nitrogens with zero attached hydrogens (tertiary/aromatic N) is 1. The maximum Gasteiger partial charge on any atom is 0.0826 e. The zero-order valence-corrected chi connectivity index (χ0v) is 10.0. The number of anilines is 1. The van der Waals surface area contributed by atoms with Gasteiger partial charge >= 0.3 is 0 Å². The van der Waals surface area contributed by atoms with E-state index < -0.39 is 0 Å². The fraction of sp³-hybridized carbons (Fsp3) is 0.571. The van der Waals surface area contributed by atoms with Crippen LogP contribution >= 0.6 is 0 Å². The van der Waals surface area contributed by atoms with Crippen LogP contribution in [-0.4, -0.2) is 30.9 Å². The Morgan fingerprint density at radius 2 is 2.12 bits per heavy atom. The molecule has 2 aliphatic rings. The molecule has 1 N–H and O–H groups in total. The van der Waals surface area contributed by atoms with Gasteiger partial charge in [0, 0.05) is 24.4 Å². The van der Waals surface area contributed by atoms with Crippen molar-refractivity contribution in [3.63, 3.8) is 0 Å². The van der Waals surface area contributed by atoms with Gasteiger partial charge in [-0.05, 0) is 25.3 Å². The number of fused-ring (bicyclic) bond motifs is 1. The molecule has 1 fully saturated rings. The minimum Gasteiger partial charge on any atom is -0.388 e. The number of para-hydroxylation sites is 1. The summed E-state index contributed by atoms with van der Waals surface area (Å²) in [7, 11) is 0. The van der Waals surface area contributed by atoms with Crippen LogP contribution in [0.4, 0.5) is 5.69 Å². The molecule has 2 aliphatic heterocycles. The lowest BCUT2D eigenvalue weighted by molar-refractivity contribution is 0.0759. The molecule has 1 aromatic carbocycles. The van der Waals surface area contributed by atoms with Crippen molar-refractivity contribution in [2.24, 2.45) is 0 Å². The topological polar surface area (TPSA) is 32.7 Å². The molecule has 2 atom stereocenters. The van der Waals surface area contributed by atoms with E-state index in [1.807, 2.05) is 18.2 Å². The first-order chi connectivity index (χ1) is 8.36. The van der Waals surface area contributed by atoms with E-state index >= 15 is 0 Å². The van der Waals surface area contributed by atoms with Gasteiger partial charge < -0.3 is 14.7 Å². The highest BCUT2D eigenvalue weighted by Crippen LogP contribution is 2.35. The normalized spacial score (nSPS) is 28.9. The first kappa shape index (κ1) is 11.1. The Labute approximate surface area is 102 Å². The predicted octanol–water partition coefficient (Wildman–Crippen LogP) is 2.11. The smallest absolute Gasteiger partial charge is 0.0826 e. The van der Waals surface area contributed by atoms with E-state index in [9.17, 15) is 5.11 Å². The molecule has 1 saturated heterocycles. The molecule has 0 amide bonds. The summed E-state index contributed by atoms with van der Waals surface area (Å²) in [5, 5.41) is 10.0. The Balaban J connectivity index is 1.89. The summed E-state index contributed by atoms with van der Waals surface area (Å²) in [4.78, 5) is 2.42. The van der Waals surface area contributed by atoms with Gasteiger partial charge in [0.15, 0.2) is 0 Å². The van der Waals surface area contributed by atoms with Crippen molar-refractivity contribution in [3.8, 4) is 0 Å². The van der Waals surface area contributed by atoms with Crippen molar-refractivity contribution in [1.29, 1.82) is 0 Å². The molecule has 17 heavy (non-hydrogen) atoms. The highest BCUT2D eigenvalue weighted by atomic mass is 16.5. The van der Waals surface area contributed by atoms with Gasteiger partial charge in [0.1, 0.15) is 0 Å². The van der Waals surface area contributed by atoms with Crippen LogP contribution in [0.1, 0.15) is 30.9 Å². The van der Waals surface area contributed by atoms with E-state index in [1.54, 1.807) is 0 Å². The third-order valence-electron chi connectivity index (χ3n) is 3.83. The van der Waals surface area contributed by atoms with Gasteiger partial charge in [0.2, 0.25) is 0 Å². The van der Waals surface area contributed by atoms with Crippen molar-refractivity contribution < 1.29 is 9.84 Å². The maximum atomic E-state index is 10.0. The van der Waals surface area contributed by atoms with Crippen LogP contribution in [0.3, 0.4) is 0 Å². The third-order valence-corrected chi connectivity index (χ3v) is 3.83. The van der Waals surface area contributed by atoms with Crippen molar-refractivity contribution >= 4 is 5.69 Å². The first-order valence-electron chi connectivity index (χ1n) is 6.47. The van der Waals surface area contributed by atoms with Crippen LogP contribution in [-0.2, 0) is 4.74 Å². The van der Waals surface area contributed by atoms with E-state index in [0.29, 0.717) is 6.04 Å². The van der Waals surface area contributed by atoms with Gasteiger partial charge in [-0.1, -0.05) is 18.2 Å². The number of benzene rings is 1. The van der Waals surface area contributed by atoms with Gasteiger partial charge in [-0.25, -0.2) is 0 Å².